The molecule has 7 nitrogen and oxygen atoms in total. The molecular formula is C24H29N5O2. The molecule has 0 radical (unpaired) electrons. The number of ether oxygens (including phenoxy) is 1. The number of methoxy groups -OCH3 is 1. The largest absolute Gasteiger partial charge is 0.497 e. The number of aromatic nitrogens is 2. The Hall–Kier alpha value is -3.35. The van der Waals surface area contributed by atoms with E-state index in [2.05, 4.69) is 51.5 Å². The quantitative estimate of drug-likeness (QED) is 0.634. The molecule has 0 unspecified atom stereocenters. The van der Waals surface area contributed by atoms with Crippen molar-refractivity contribution in [3.63, 3.8) is 0 Å². The van der Waals surface area contributed by atoms with E-state index in [0.717, 1.165) is 54.1 Å². The van der Waals surface area contributed by atoms with Crippen molar-refractivity contribution in [3.05, 3.63) is 54.4 Å². The van der Waals surface area contributed by atoms with Gasteiger partial charge >= 0.3 is 6.03 Å². The number of nitrogens with one attached hydrogen (secondary N) is 2. The standard InChI is InChI=1S/C24H29N5O2/c1-16(2)17-4-6-18(7-5-17)27-24(30)28-19-10-12-29(13-11-19)23-21-9-8-20(31-3)14-22(21)25-15-26-23/h4-9,14-16,19H,10-13H2,1-3H3,(H2,27,28,30). The maximum atomic E-state index is 12.4. The molecule has 0 spiro atoms. The van der Waals surface area contributed by atoms with Crippen LogP contribution in [0.1, 0.15) is 38.2 Å². The van der Waals surface area contributed by atoms with Gasteiger partial charge in [0.25, 0.3) is 0 Å². The summed E-state index contributed by atoms with van der Waals surface area (Å²) < 4.78 is 5.30. The lowest BCUT2D eigenvalue weighted by molar-refractivity contribution is 0.246. The first-order valence-electron chi connectivity index (χ1n) is 10.7. The number of piperidine rings is 1. The molecule has 7 heteroatoms. The first kappa shape index (κ1) is 20.9. The zero-order valence-corrected chi connectivity index (χ0v) is 18.3. The summed E-state index contributed by atoms with van der Waals surface area (Å²) in [6, 6.07) is 13.9. The van der Waals surface area contributed by atoms with Gasteiger partial charge in [-0.3, -0.25) is 0 Å². The number of hydrogen-bond acceptors (Lipinski definition) is 5. The lowest BCUT2D eigenvalue weighted by Gasteiger charge is -2.33. The second kappa shape index (κ2) is 9.20. The summed E-state index contributed by atoms with van der Waals surface area (Å²) in [5, 5.41) is 7.05. The summed E-state index contributed by atoms with van der Waals surface area (Å²) in [5.74, 6) is 2.19. The van der Waals surface area contributed by atoms with Crippen LogP contribution in [-0.2, 0) is 0 Å². The Kier molecular flexibility index (Phi) is 6.21. The molecule has 1 aromatic heterocycles. The van der Waals surface area contributed by atoms with Gasteiger partial charge in [-0.05, 0) is 48.6 Å². The van der Waals surface area contributed by atoms with Crippen molar-refractivity contribution in [2.75, 3.05) is 30.4 Å². The fourth-order valence-electron chi connectivity index (χ4n) is 3.94. The minimum Gasteiger partial charge on any atom is -0.497 e. The van der Waals surface area contributed by atoms with Gasteiger partial charge < -0.3 is 20.3 Å². The smallest absolute Gasteiger partial charge is 0.319 e. The molecule has 4 rings (SSSR count). The second-order valence-corrected chi connectivity index (χ2v) is 8.22. The molecule has 1 fully saturated rings. The van der Waals surface area contributed by atoms with Gasteiger partial charge in [-0.1, -0.05) is 26.0 Å². The number of carbonyl (C=O) groups is 1. The summed E-state index contributed by atoms with van der Waals surface area (Å²) in [4.78, 5) is 23.6. The number of nitrogens with zero attached hydrogens (tertiary/aromatic N) is 3. The molecule has 0 bridgehead atoms. The summed E-state index contributed by atoms with van der Waals surface area (Å²) in [6.07, 6.45) is 3.32. The summed E-state index contributed by atoms with van der Waals surface area (Å²) in [7, 11) is 1.65. The number of hydrogen-bond donors (Lipinski definition) is 2. The highest BCUT2D eigenvalue weighted by Gasteiger charge is 2.23. The van der Waals surface area contributed by atoms with Gasteiger partial charge in [0.1, 0.15) is 17.9 Å². The molecule has 2 N–H and O–H groups in total. The molecule has 2 amide bonds. The molecule has 3 aromatic rings. The van der Waals surface area contributed by atoms with Crippen molar-refractivity contribution in [1.82, 2.24) is 15.3 Å². The third-order valence-corrected chi connectivity index (χ3v) is 5.79. The Bertz CT molecular complexity index is 1040. The average Bonchev–Trinajstić information content (AvgIpc) is 2.79. The monoisotopic (exact) mass is 419 g/mol. The van der Waals surface area contributed by atoms with Crippen molar-refractivity contribution < 1.29 is 9.53 Å². The van der Waals surface area contributed by atoms with Crippen LogP contribution >= 0.6 is 0 Å². The Morgan fingerprint density at radius 1 is 1.10 bits per heavy atom. The Morgan fingerprint density at radius 2 is 1.84 bits per heavy atom. The molecule has 162 valence electrons. The number of urea groups is 1. The maximum Gasteiger partial charge on any atom is 0.319 e. The molecule has 31 heavy (non-hydrogen) atoms. The SMILES string of the molecule is COc1ccc2c(N3CCC(NC(=O)Nc4ccc(C(C)C)cc4)CC3)ncnc2c1. The van der Waals surface area contributed by atoms with Crippen molar-refractivity contribution in [2.24, 2.45) is 0 Å². The van der Waals surface area contributed by atoms with Crippen LogP contribution < -0.4 is 20.3 Å². The van der Waals surface area contributed by atoms with Crippen LogP contribution in [0.2, 0.25) is 0 Å². The third kappa shape index (κ3) is 4.87. The number of amides is 2. The van der Waals surface area contributed by atoms with Crippen LogP contribution in [0.15, 0.2) is 48.8 Å². The van der Waals surface area contributed by atoms with Crippen LogP contribution in [0.5, 0.6) is 5.75 Å². The minimum atomic E-state index is -0.157. The second-order valence-electron chi connectivity index (χ2n) is 8.22. The predicted molar refractivity (Wildman–Crippen MR) is 124 cm³/mol. The molecule has 2 heterocycles. The summed E-state index contributed by atoms with van der Waals surface area (Å²) in [6.45, 7) is 5.96. The highest BCUT2D eigenvalue weighted by molar-refractivity contribution is 5.91. The highest BCUT2D eigenvalue weighted by Crippen LogP contribution is 2.28. The minimum absolute atomic E-state index is 0.138. The number of fused-ring (bicyclic) bond motifs is 1. The van der Waals surface area contributed by atoms with E-state index in [0.29, 0.717) is 5.92 Å². The molecule has 2 aromatic carbocycles. The van der Waals surface area contributed by atoms with E-state index in [4.69, 9.17) is 4.74 Å². The zero-order valence-electron chi connectivity index (χ0n) is 18.3. The van der Waals surface area contributed by atoms with Gasteiger partial charge in [-0.2, -0.15) is 0 Å². The van der Waals surface area contributed by atoms with Gasteiger partial charge in [0.05, 0.1) is 12.6 Å². The van der Waals surface area contributed by atoms with E-state index in [9.17, 15) is 4.79 Å². The van der Waals surface area contributed by atoms with Gasteiger partial charge in [-0.25, -0.2) is 14.8 Å². The maximum absolute atomic E-state index is 12.4. The molecule has 0 saturated carbocycles. The van der Waals surface area contributed by atoms with Crippen LogP contribution in [0, 0.1) is 0 Å². The molecule has 1 aliphatic heterocycles. The molecule has 0 atom stereocenters. The fourth-order valence-corrected chi connectivity index (χ4v) is 3.94. The van der Waals surface area contributed by atoms with E-state index in [-0.39, 0.29) is 12.1 Å². The van der Waals surface area contributed by atoms with Crippen LogP contribution in [-0.4, -0.2) is 42.2 Å². The normalized spacial score (nSPS) is 14.6. The van der Waals surface area contributed by atoms with Gasteiger partial charge in [0.15, 0.2) is 0 Å². The van der Waals surface area contributed by atoms with Crippen molar-refractivity contribution >= 4 is 28.4 Å². The van der Waals surface area contributed by atoms with Crippen molar-refractivity contribution in [3.8, 4) is 5.75 Å². The Labute approximate surface area is 182 Å². The highest BCUT2D eigenvalue weighted by atomic mass is 16.5. The number of carbonyl (C=O) groups excluding carboxylic acids is 1. The molecule has 0 aliphatic carbocycles. The molecular weight excluding hydrogens is 390 g/mol. The molecule has 1 saturated heterocycles. The fraction of sp³-hybridized carbons (Fsp3) is 0.375. The van der Waals surface area contributed by atoms with Crippen LogP contribution in [0.4, 0.5) is 16.3 Å². The lowest BCUT2D eigenvalue weighted by Crippen LogP contribution is -2.46. The van der Waals surface area contributed by atoms with E-state index < -0.39 is 0 Å². The topological polar surface area (TPSA) is 79.4 Å². The zero-order chi connectivity index (χ0) is 21.8. The van der Waals surface area contributed by atoms with E-state index >= 15 is 0 Å². The number of rotatable bonds is 5. The number of anilines is 2. The van der Waals surface area contributed by atoms with E-state index in [1.807, 2.05) is 30.3 Å². The summed E-state index contributed by atoms with van der Waals surface area (Å²) >= 11 is 0. The Balaban J connectivity index is 1.33. The molecule has 1 aliphatic rings. The van der Waals surface area contributed by atoms with Crippen molar-refractivity contribution in [2.45, 2.75) is 38.6 Å². The van der Waals surface area contributed by atoms with E-state index in [1.165, 1.54) is 5.56 Å². The van der Waals surface area contributed by atoms with Gasteiger partial charge in [0, 0.05) is 36.3 Å². The van der Waals surface area contributed by atoms with E-state index in [1.54, 1.807) is 13.4 Å². The predicted octanol–water partition coefficient (Wildman–Crippen LogP) is 4.55. The van der Waals surface area contributed by atoms with Gasteiger partial charge in [0.2, 0.25) is 0 Å². The lowest BCUT2D eigenvalue weighted by atomic mass is 10.0. The first-order chi connectivity index (χ1) is 15.0. The van der Waals surface area contributed by atoms with Crippen LogP contribution in [0.3, 0.4) is 0 Å². The summed E-state index contributed by atoms with van der Waals surface area (Å²) in [5.41, 5.74) is 2.93. The third-order valence-electron chi connectivity index (χ3n) is 5.79. The van der Waals surface area contributed by atoms with Crippen molar-refractivity contribution in [1.29, 1.82) is 0 Å². The average molecular weight is 420 g/mol. The van der Waals surface area contributed by atoms with Gasteiger partial charge in [-0.15, -0.1) is 0 Å². The number of benzene rings is 2. The Morgan fingerprint density at radius 3 is 2.52 bits per heavy atom. The van der Waals surface area contributed by atoms with Crippen LogP contribution in [0.25, 0.3) is 10.9 Å². The first-order valence-corrected chi connectivity index (χ1v) is 10.7.